The smallest absolute Gasteiger partial charge is 0.321 e. The van der Waals surface area contributed by atoms with E-state index < -0.39 is 6.10 Å². The van der Waals surface area contributed by atoms with Crippen molar-refractivity contribution in [3.63, 3.8) is 0 Å². The van der Waals surface area contributed by atoms with Crippen LogP contribution in [-0.4, -0.2) is 42.0 Å². The van der Waals surface area contributed by atoms with Gasteiger partial charge in [0, 0.05) is 24.2 Å². The molecule has 0 radical (unpaired) electrons. The third kappa shape index (κ3) is 5.08. The maximum atomic E-state index is 13.5. The quantitative estimate of drug-likeness (QED) is 0.818. The van der Waals surface area contributed by atoms with E-state index >= 15 is 0 Å². The molecule has 0 heterocycles. The van der Waals surface area contributed by atoms with Gasteiger partial charge in [-0.1, -0.05) is 0 Å². The van der Waals surface area contributed by atoms with Gasteiger partial charge in [-0.3, -0.25) is 0 Å². The number of urea groups is 1. The van der Waals surface area contributed by atoms with Crippen LogP contribution in [-0.2, 0) is 0 Å². The predicted molar refractivity (Wildman–Crippen MR) is 76.1 cm³/mol. The second kappa shape index (κ2) is 7.35. The summed E-state index contributed by atoms with van der Waals surface area (Å²) < 4.78 is 13.5. The zero-order valence-electron chi connectivity index (χ0n) is 11.3. The Morgan fingerprint density at radius 1 is 1.58 bits per heavy atom. The molecule has 0 unspecified atom stereocenters. The molecule has 0 bridgehead atoms. The molecule has 4 nitrogen and oxygen atoms in total. The highest BCUT2D eigenvalue weighted by Crippen LogP contribution is 2.22. The Morgan fingerprint density at radius 2 is 2.26 bits per heavy atom. The maximum absolute atomic E-state index is 13.5. The molecule has 0 saturated carbocycles. The highest BCUT2D eigenvalue weighted by atomic mass is 32.2. The topological polar surface area (TPSA) is 52.6 Å². The number of rotatable bonds is 5. The van der Waals surface area contributed by atoms with Crippen molar-refractivity contribution in [2.45, 2.75) is 24.3 Å². The summed E-state index contributed by atoms with van der Waals surface area (Å²) in [6, 6.07) is 4.27. The number of aliphatic hydroxyl groups is 1. The van der Waals surface area contributed by atoms with Crippen LogP contribution in [0.15, 0.2) is 23.1 Å². The van der Waals surface area contributed by atoms with Crippen LogP contribution < -0.4 is 5.32 Å². The summed E-state index contributed by atoms with van der Waals surface area (Å²) in [5, 5.41) is 11.8. The van der Waals surface area contributed by atoms with Crippen LogP contribution in [0.1, 0.15) is 13.3 Å². The molecule has 1 aromatic rings. The van der Waals surface area contributed by atoms with Crippen LogP contribution in [0.2, 0.25) is 0 Å². The Kier molecular flexibility index (Phi) is 6.11. The molecule has 2 amide bonds. The van der Waals surface area contributed by atoms with E-state index in [1.807, 2.05) is 0 Å². The normalized spacial score (nSPS) is 12.1. The average Bonchev–Trinajstić information content (AvgIpc) is 2.36. The van der Waals surface area contributed by atoms with E-state index in [0.717, 1.165) is 0 Å². The number of halogens is 1. The van der Waals surface area contributed by atoms with E-state index in [9.17, 15) is 9.18 Å². The number of thioether (sulfide) groups is 1. The SMILES string of the molecule is CSc1ccc(NC(=O)N(C)CC[C@H](C)O)cc1F. The van der Waals surface area contributed by atoms with Gasteiger partial charge in [0.15, 0.2) is 0 Å². The van der Waals surface area contributed by atoms with Crippen molar-refractivity contribution < 1.29 is 14.3 Å². The first-order chi connectivity index (χ1) is 8.93. The Bertz CT molecular complexity index is 441. The molecule has 106 valence electrons. The molecule has 6 heteroatoms. The lowest BCUT2D eigenvalue weighted by atomic mass is 10.3. The number of carbonyl (C=O) groups excluding carboxylic acids is 1. The first kappa shape index (κ1) is 15.8. The number of nitrogens with one attached hydrogen (secondary N) is 1. The van der Waals surface area contributed by atoms with Crippen LogP contribution in [0.5, 0.6) is 0 Å². The van der Waals surface area contributed by atoms with Gasteiger partial charge in [-0.25, -0.2) is 9.18 Å². The number of anilines is 1. The van der Waals surface area contributed by atoms with E-state index in [4.69, 9.17) is 5.11 Å². The molecule has 0 aliphatic rings. The van der Waals surface area contributed by atoms with E-state index in [1.54, 1.807) is 32.4 Å². The molecule has 0 aliphatic heterocycles. The minimum atomic E-state index is -0.450. The van der Waals surface area contributed by atoms with Crippen molar-refractivity contribution in [2.75, 3.05) is 25.2 Å². The summed E-state index contributed by atoms with van der Waals surface area (Å²) in [6.07, 6.45) is 1.85. The molecule has 1 atom stereocenters. The number of hydrogen-bond acceptors (Lipinski definition) is 3. The van der Waals surface area contributed by atoms with Gasteiger partial charge >= 0.3 is 6.03 Å². The third-order valence-electron chi connectivity index (χ3n) is 2.63. The van der Waals surface area contributed by atoms with Crippen molar-refractivity contribution in [2.24, 2.45) is 0 Å². The number of benzene rings is 1. The van der Waals surface area contributed by atoms with Crippen molar-refractivity contribution in [3.05, 3.63) is 24.0 Å². The van der Waals surface area contributed by atoms with Gasteiger partial charge in [-0.05, 0) is 37.8 Å². The van der Waals surface area contributed by atoms with Gasteiger partial charge < -0.3 is 15.3 Å². The summed E-state index contributed by atoms with van der Waals surface area (Å²) in [4.78, 5) is 13.8. The molecular weight excluding hydrogens is 267 g/mol. The fourth-order valence-electron chi connectivity index (χ4n) is 1.45. The van der Waals surface area contributed by atoms with Gasteiger partial charge in [0.25, 0.3) is 0 Å². The molecule has 0 spiro atoms. The van der Waals surface area contributed by atoms with Gasteiger partial charge in [0.2, 0.25) is 0 Å². The van der Waals surface area contributed by atoms with E-state index in [2.05, 4.69) is 5.32 Å². The summed E-state index contributed by atoms with van der Waals surface area (Å²) >= 11 is 1.31. The first-order valence-electron chi connectivity index (χ1n) is 5.97. The summed E-state index contributed by atoms with van der Waals surface area (Å²) in [5.74, 6) is -0.350. The maximum Gasteiger partial charge on any atom is 0.321 e. The van der Waals surface area contributed by atoms with Crippen molar-refractivity contribution >= 4 is 23.5 Å². The monoisotopic (exact) mass is 286 g/mol. The Hall–Kier alpha value is -1.27. The van der Waals surface area contributed by atoms with E-state index in [-0.39, 0.29) is 11.8 Å². The molecule has 0 saturated heterocycles. The molecular formula is C13H19FN2O2S. The highest BCUT2D eigenvalue weighted by molar-refractivity contribution is 7.98. The molecule has 1 rings (SSSR count). The Morgan fingerprint density at radius 3 is 2.79 bits per heavy atom. The average molecular weight is 286 g/mol. The van der Waals surface area contributed by atoms with Crippen molar-refractivity contribution in [3.8, 4) is 0 Å². The Labute approximate surface area is 117 Å². The number of carbonyl (C=O) groups is 1. The van der Waals surface area contributed by atoms with Crippen LogP contribution in [0.3, 0.4) is 0 Å². The lowest BCUT2D eigenvalue weighted by Crippen LogP contribution is -2.33. The third-order valence-corrected chi connectivity index (χ3v) is 3.40. The summed E-state index contributed by atoms with van der Waals surface area (Å²) in [5.41, 5.74) is 0.421. The minimum Gasteiger partial charge on any atom is -0.393 e. The second-order valence-electron chi connectivity index (χ2n) is 4.34. The van der Waals surface area contributed by atoms with Gasteiger partial charge in [-0.15, -0.1) is 11.8 Å². The van der Waals surface area contributed by atoms with Crippen LogP contribution in [0.4, 0.5) is 14.9 Å². The zero-order chi connectivity index (χ0) is 14.4. The second-order valence-corrected chi connectivity index (χ2v) is 5.19. The molecule has 0 aliphatic carbocycles. The largest absolute Gasteiger partial charge is 0.393 e. The lowest BCUT2D eigenvalue weighted by Gasteiger charge is -2.18. The fourth-order valence-corrected chi connectivity index (χ4v) is 1.90. The standard InChI is InChI=1S/C13H19FN2O2S/c1-9(17)6-7-16(2)13(18)15-10-4-5-12(19-3)11(14)8-10/h4-5,8-9,17H,6-7H2,1-3H3,(H,15,18)/t9-/m0/s1. The van der Waals surface area contributed by atoms with Crippen molar-refractivity contribution in [1.82, 2.24) is 4.90 Å². The number of amides is 2. The van der Waals surface area contributed by atoms with E-state index in [0.29, 0.717) is 23.5 Å². The summed E-state index contributed by atoms with van der Waals surface area (Å²) in [7, 11) is 1.63. The van der Waals surface area contributed by atoms with Crippen LogP contribution in [0, 0.1) is 5.82 Å². The first-order valence-corrected chi connectivity index (χ1v) is 7.20. The van der Waals surface area contributed by atoms with Gasteiger partial charge in [0.1, 0.15) is 5.82 Å². The highest BCUT2D eigenvalue weighted by Gasteiger charge is 2.11. The minimum absolute atomic E-state index is 0.322. The molecule has 0 aromatic heterocycles. The van der Waals surface area contributed by atoms with E-state index in [1.165, 1.54) is 22.7 Å². The Balaban J connectivity index is 2.59. The lowest BCUT2D eigenvalue weighted by molar-refractivity contribution is 0.167. The zero-order valence-corrected chi connectivity index (χ0v) is 12.1. The molecule has 1 aromatic carbocycles. The van der Waals surface area contributed by atoms with Gasteiger partial charge in [-0.2, -0.15) is 0 Å². The fraction of sp³-hybridized carbons (Fsp3) is 0.462. The predicted octanol–water partition coefficient (Wildman–Crippen LogP) is 2.78. The number of hydrogen-bond donors (Lipinski definition) is 2. The van der Waals surface area contributed by atoms with Gasteiger partial charge in [0.05, 0.1) is 6.10 Å². The number of aliphatic hydroxyl groups excluding tert-OH is 1. The molecule has 2 N–H and O–H groups in total. The number of nitrogens with zero attached hydrogens (tertiary/aromatic N) is 1. The van der Waals surface area contributed by atoms with Crippen LogP contribution in [0.25, 0.3) is 0 Å². The molecule has 19 heavy (non-hydrogen) atoms. The molecule has 0 fully saturated rings. The summed E-state index contributed by atoms with van der Waals surface area (Å²) in [6.45, 7) is 2.11. The van der Waals surface area contributed by atoms with Crippen molar-refractivity contribution in [1.29, 1.82) is 0 Å². The van der Waals surface area contributed by atoms with Crippen LogP contribution >= 0.6 is 11.8 Å².